The van der Waals surface area contributed by atoms with Gasteiger partial charge in [0, 0.05) is 31.0 Å². The molecule has 0 aliphatic carbocycles. The van der Waals surface area contributed by atoms with Crippen LogP contribution < -0.4 is 4.74 Å². The molecule has 0 radical (unpaired) electrons. The van der Waals surface area contributed by atoms with Gasteiger partial charge in [-0.25, -0.2) is 9.59 Å². The molecule has 1 saturated heterocycles. The van der Waals surface area contributed by atoms with Gasteiger partial charge in [-0.1, -0.05) is 6.07 Å². The summed E-state index contributed by atoms with van der Waals surface area (Å²) in [5, 5.41) is 9.05. The lowest BCUT2D eigenvalue weighted by atomic mass is 9.92. The maximum absolute atomic E-state index is 11.7. The predicted molar refractivity (Wildman–Crippen MR) is 103 cm³/mol. The highest BCUT2D eigenvalue weighted by Gasteiger charge is 2.22. The number of nitrogens with zero attached hydrogens (tertiary/aromatic N) is 2. The van der Waals surface area contributed by atoms with Crippen molar-refractivity contribution in [3.63, 3.8) is 0 Å². The Labute approximate surface area is 163 Å². The number of aryl methyl sites for hydroxylation is 1. The number of carbonyl (C=O) groups is 2. The molecule has 0 saturated carbocycles. The fourth-order valence-corrected chi connectivity index (χ4v) is 3.34. The molecule has 1 N–H and O–H groups in total. The van der Waals surface area contributed by atoms with Gasteiger partial charge >= 0.3 is 12.1 Å². The number of rotatable bonds is 5. The smallest absolute Gasteiger partial charge is 0.407 e. The van der Waals surface area contributed by atoms with Crippen molar-refractivity contribution in [2.75, 3.05) is 20.2 Å². The number of amides is 1. The highest BCUT2D eigenvalue weighted by atomic mass is 16.5. The Kier molecular flexibility index (Phi) is 6.13. The number of hydrogen-bond donors (Lipinski definition) is 1. The number of esters is 1. The van der Waals surface area contributed by atoms with Crippen molar-refractivity contribution in [3.05, 3.63) is 53.3 Å². The van der Waals surface area contributed by atoms with Crippen LogP contribution in [0, 0.1) is 12.8 Å². The van der Waals surface area contributed by atoms with Crippen molar-refractivity contribution in [1.82, 2.24) is 9.88 Å². The van der Waals surface area contributed by atoms with Crippen LogP contribution in [-0.4, -0.2) is 47.3 Å². The lowest BCUT2D eigenvalue weighted by molar-refractivity contribution is 0.0600. The Balaban J connectivity index is 1.67. The molecule has 7 nitrogen and oxygen atoms in total. The minimum absolute atomic E-state index is 0.405. The Morgan fingerprint density at radius 2 is 1.96 bits per heavy atom. The van der Waals surface area contributed by atoms with Gasteiger partial charge in [-0.05, 0) is 55.9 Å². The molecular formula is C21H24N2O5. The van der Waals surface area contributed by atoms with E-state index in [1.54, 1.807) is 24.4 Å². The van der Waals surface area contributed by atoms with Crippen LogP contribution in [0.2, 0.25) is 0 Å². The molecule has 0 bridgehead atoms. The van der Waals surface area contributed by atoms with Crippen LogP contribution in [0.15, 0.2) is 36.5 Å². The van der Waals surface area contributed by atoms with E-state index in [2.05, 4.69) is 4.98 Å². The van der Waals surface area contributed by atoms with E-state index in [0.29, 0.717) is 36.1 Å². The quantitative estimate of drug-likeness (QED) is 0.787. The molecule has 7 heteroatoms. The fraction of sp³-hybridized carbons (Fsp3) is 0.381. The van der Waals surface area contributed by atoms with Gasteiger partial charge < -0.3 is 19.5 Å². The molecule has 2 heterocycles. The lowest BCUT2D eigenvalue weighted by Gasteiger charge is -2.29. The molecule has 1 aliphatic rings. The van der Waals surface area contributed by atoms with E-state index >= 15 is 0 Å². The Morgan fingerprint density at radius 1 is 1.21 bits per heavy atom. The Hall–Kier alpha value is -3.09. The molecule has 1 fully saturated rings. The third kappa shape index (κ3) is 4.79. The van der Waals surface area contributed by atoms with E-state index in [1.807, 2.05) is 19.1 Å². The number of benzene rings is 1. The first kappa shape index (κ1) is 19.7. The van der Waals surface area contributed by atoms with E-state index in [-0.39, 0.29) is 0 Å². The van der Waals surface area contributed by atoms with Crippen molar-refractivity contribution < 1.29 is 24.2 Å². The molecule has 0 unspecified atom stereocenters. The van der Waals surface area contributed by atoms with Crippen molar-refractivity contribution in [1.29, 1.82) is 0 Å². The Morgan fingerprint density at radius 3 is 2.64 bits per heavy atom. The van der Waals surface area contributed by atoms with Gasteiger partial charge in [-0.15, -0.1) is 0 Å². The van der Waals surface area contributed by atoms with Gasteiger partial charge in [0.25, 0.3) is 0 Å². The highest BCUT2D eigenvalue weighted by molar-refractivity contribution is 5.89. The van der Waals surface area contributed by atoms with Crippen molar-refractivity contribution in [2.24, 2.45) is 5.92 Å². The number of piperidine rings is 1. The summed E-state index contributed by atoms with van der Waals surface area (Å²) < 4.78 is 10.8. The summed E-state index contributed by atoms with van der Waals surface area (Å²) in [6, 6.07) is 8.87. The molecule has 0 atom stereocenters. The number of methoxy groups -OCH3 is 1. The minimum atomic E-state index is -0.850. The molecule has 28 heavy (non-hydrogen) atoms. The summed E-state index contributed by atoms with van der Waals surface area (Å²) in [4.78, 5) is 28.6. The summed E-state index contributed by atoms with van der Waals surface area (Å²) in [5.74, 6) is 1.24. The fourth-order valence-electron chi connectivity index (χ4n) is 3.34. The molecule has 2 aromatic rings. The number of pyridine rings is 1. The monoisotopic (exact) mass is 384 g/mol. The van der Waals surface area contributed by atoms with E-state index in [4.69, 9.17) is 14.6 Å². The second kappa shape index (κ2) is 8.73. The first-order valence-electron chi connectivity index (χ1n) is 9.26. The average molecular weight is 384 g/mol. The number of hydrogen-bond acceptors (Lipinski definition) is 5. The maximum Gasteiger partial charge on any atom is 0.407 e. The summed E-state index contributed by atoms with van der Waals surface area (Å²) in [7, 11) is 1.35. The Bertz CT molecular complexity index is 860. The molecule has 1 aromatic carbocycles. The number of ether oxygens (including phenoxy) is 2. The van der Waals surface area contributed by atoms with Crippen LogP contribution in [0.3, 0.4) is 0 Å². The van der Waals surface area contributed by atoms with Crippen molar-refractivity contribution in [3.8, 4) is 11.5 Å². The summed E-state index contributed by atoms with van der Waals surface area (Å²) in [5.41, 5.74) is 2.25. The van der Waals surface area contributed by atoms with Gasteiger partial charge in [-0.3, -0.25) is 4.98 Å². The van der Waals surface area contributed by atoms with Crippen LogP contribution in [0.5, 0.6) is 11.5 Å². The third-order valence-electron chi connectivity index (χ3n) is 5.01. The number of carbonyl (C=O) groups excluding carboxylic acids is 1. The average Bonchev–Trinajstić information content (AvgIpc) is 2.70. The van der Waals surface area contributed by atoms with E-state index in [1.165, 1.54) is 12.0 Å². The number of carboxylic acid groups (broad SMARTS) is 1. The van der Waals surface area contributed by atoms with Gasteiger partial charge in [0.15, 0.2) is 0 Å². The molecule has 1 amide bonds. The minimum Gasteiger partial charge on any atom is -0.465 e. The normalized spacial score (nSPS) is 14.6. The standard InChI is InChI=1S/C21H24N2O5/c1-14-3-4-16(20(24)27-2)12-19(14)28-18-5-8-22-17(13-18)11-15-6-9-23(10-7-15)21(25)26/h3-5,8,12-13,15H,6-7,9-11H2,1-2H3,(H,25,26). The van der Waals surface area contributed by atoms with E-state index < -0.39 is 12.1 Å². The van der Waals surface area contributed by atoms with Crippen LogP contribution in [0.1, 0.15) is 34.5 Å². The zero-order valence-corrected chi connectivity index (χ0v) is 16.1. The predicted octanol–water partition coefficient (Wildman–Crippen LogP) is 3.90. The highest BCUT2D eigenvalue weighted by Crippen LogP contribution is 2.28. The summed E-state index contributed by atoms with van der Waals surface area (Å²) in [6.07, 6.45) is 3.30. The molecular weight excluding hydrogens is 360 g/mol. The topological polar surface area (TPSA) is 89.0 Å². The zero-order chi connectivity index (χ0) is 20.1. The van der Waals surface area contributed by atoms with E-state index in [9.17, 15) is 9.59 Å². The second-order valence-electron chi connectivity index (χ2n) is 6.97. The molecule has 1 aliphatic heterocycles. The molecule has 0 spiro atoms. The van der Waals surface area contributed by atoms with Crippen LogP contribution in [-0.2, 0) is 11.2 Å². The summed E-state index contributed by atoms with van der Waals surface area (Å²) in [6.45, 7) is 3.04. The first-order chi connectivity index (χ1) is 13.5. The SMILES string of the molecule is COC(=O)c1ccc(C)c(Oc2ccnc(CC3CCN(C(=O)O)CC3)c2)c1. The number of likely N-dealkylation sites (tertiary alicyclic amines) is 1. The maximum atomic E-state index is 11.7. The van der Waals surface area contributed by atoms with Gasteiger partial charge in [0.05, 0.1) is 12.7 Å². The zero-order valence-electron chi connectivity index (χ0n) is 16.1. The first-order valence-corrected chi connectivity index (χ1v) is 9.26. The molecule has 148 valence electrons. The lowest BCUT2D eigenvalue weighted by Crippen LogP contribution is -2.37. The largest absolute Gasteiger partial charge is 0.465 e. The van der Waals surface area contributed by atoms with Gasteiger partial charge in [0.2, 0.25) is 0 Å². The van der Waals surface area contributed by atoms with Crippen LogP contribution in [0.4, 0.5) is 4.79 Å². The van der Waals surface area contributed by atoms with Gasteiger partial charge in [0.1, 0.15) is 11.5 Å². The van der Waals surface area contributed by atoms with Crippen LogP contribution in [0.25, 0.3) is 0 Å². The molecule has 1 aromatic heterocycles. The molecule has 3 rings (SSSR count). The second-order valence-corrected chi connectivity index (χ2v) is 6.97. The van der Waals surface area contributed by atoms with E-state index in [0.717, 1.165) is 30.5 Å². The van der Waals surface area contributed by atoms with Crippen molar-refractivity contribution in [2.45, 2.75) is 26.2 Å². The van der Waals surface area contributed by atoms with Crippen molar-refractivity contribution >= 4 is 12.1 Å². The van der Waals surface area contributed by atoms with Gasteiger partial charge in [-0.2, -0.15) is 0 Å². The van der Waals surface area contributed by atoms with Crippen LogP contribution >= 0.6 is 0 Å². The third-order valence-corrected chi connectivity index (χ3v) is 5.01. The number of aromatic nitrogens is 1. The summed E-state index contributed by atoms with van der Waals surface area (Å²) >= 11 is 0.